The highest BCUT2D eigenvalue weighted by molar-refractivity contribution is 7.85. The average Bonchev–Trinajstić information content (AvgIpc) is 2.87. The van der Waals surface area contributed by atoms with Crippen molar-refractivity contribution < 1.29 is 13.5 Å². The monoisotopic (exact) mass is 360 g/mol. The maximum absolute atomic E-state index is 12.3. The summed E-state index contributed by atoms with van der Waals surface area (Å²) in [7, 11) is -1.47. The number of nitrogens with one attached hydrogen (secondary N) is 1. The highest BCUT2D eigenvalue weighted by Crippen LogP contribution is 2.26. The predicted molar refractivity (Wildman–Crippen MR) is 87.6 cm³/mol. The van der Waals surface area contributed by atoms with E-state index in [-0.39, 0.29) is 5.75 Å². The van der Waals surface area contributed by atoms with Gasteiger partial charge < -0.3 is 9.84 Å². The van der Waals surface area contributed by atoms with Crippen LogP contribution in [0.1, 0.15) is 18.2 Å². The van der Waals surface area contributed by atoms with Crippen molar-refractivity contribution in [2.75, 3.05) is 5.32 Å². The summed E-state index contributed by atoms with van der Waals surface area (Å²) in [4.78, 5) is 12.1. The Kier molecular flexibility index (Phi) is 5.61. The second kappa shape index (κ2) is 7.26. The smallest absolute Gasteiger partial charge is 0.241 e. The third kappa shape index (κ3) is 4.09. The number of hydrogen-bond donors (Lipinski definition) is 1. The molecule has 0 radical (unpaired) electrons. The Labute approximate surface area is 140 Å². The van der Waals surface area contributed by atoms with E-state index in [0.717, 1.165) is 0 Å². The van der Waals surface area contributed by atoms with Gasteiger partial charge in [0.1, 0.15) is 11.0 Å². The summed E-state index contributed by atoms with van der Waals surface area (Å²) in [6, 6.07) is 6.63. The quantitative estimate of drug-likeness (QED) is 0.884. The van der Waals surface area contributed by atoms with Crippen molar-refractivity contribution in [2.24, 2.45) is 0 Å². The van der Waals surface area contributed by atoms with Crippen LogP contribution in [0.5, 0.6) is 0 Å². The molecule has 0 bridgehead atoms. The van der Waals surface area contributed by atoms with Crippen LogP contribution in [0.3, 0.4) is 0 Å². The Morgan fingerprint density at radius 3 is 2.59 bits per heavy atom. The number of rotatable bonds is 5. The molecule has 22 heavy (non-hydrogen) atoms. The summed E-state index contributed by atoms with van der Waals surface area (Å²) in [5, 5.41) is 6.33. The molecule has 0 aliphatic carbocycles. The lowest BCUT2D eigenvalue weighted by molar-refractivity contribution is -0.115. The van der Waals surface area contributed by atoms with Gasteiger partial charge in [0.2, 0.25) is 5.91 Å². The summed E-state index contributed by atoms with van der Waals surface area (Å²) < 4.78 is 17.2. The molecule has 1 aromatic carbocycles. The first-order valence-corrected chi connectivity index (χ1v) is 8.56. The maximum Gasteiger partial charge on any atom is 0.241 e. The summed E-state index contributed by atoms with van der Waals surface area (Å²) in [6.45, 7) is 3.28. The van der Waals surface area contributed by atoms with Crippen LogP contribution in [0.2, 0.25) is 10.0 Å². The molecular formula is C14H14Cl2N2O3S. The van der Waals surface area contributed by atoms with Crippen LogP contribution in [-0.2, 0) is 21.3 Å². The third-order valence-electron chi connectivity index (χ3n) is 2.99. The molecule has 0 aliphatic rings. The van der Waals surface area contributed by atoms with E-state index < -0.39 is 22.0 Å². The zero-order valence-corrected chi connectivity index (χ0v) is 14.3. The van der Waals surface area contributed by atoms with Gasteiger partial charge in [-0.05, 0) is 26.0 Å². The van der Waals surface area contributed by atoms with Crippen molar-refractivity contribution in [1.82, 2.24) is 5.16 Å². The fourth-order valence-electron chi connectivity index (χ4n) is 1.71. The molecule has 0 spiro atoms. The Hall–Kier alpha value is -1.37. The molecule has 1 amide bonds. The van der Waals surface area contributed by atoms with E-state index in [0.29, 0.717) is 27.2 Å². The van der Waals surface area contributed by atoms with Crippen LogP contribution in [-0.4, -0.2) is 20.5 Å². The molecule has 2 rings (SSSR count). The molecule has 2 atom stereocenters. The topological polar surface area (TPSA) is 72.2 Å². The minimum Gasteiger partial charge on any atom is -0.360 e. The van der Waals surface area contributed by atoms with Gasteiger partial charge in [0.25, 0.3) is 0 Å². The van der Waals surface area contributed by atoms with E-state index in [9.17, 15) is 9.00 Å². The van der Waals surface area contributed by atoms with Crippen LogP contribution >= 0.6 is 23.2 Å². The fraction of sp³-hybridized carbons (Fsp3) is 0.286. The number of carbonyl (C=O) groups is 1. The van der Waals surface area contributed by atoms with Gasteiger partial charge in [-0.3, -0.25) is 9.00 Å². The van der Waals surface area contributed by atoms with E-state index in [1.165, 1.54) is 0 Å². The van der Waals surface area contributed by atoms with Crippen molar-refractivity contribution in [2.45, 2.75) is 24.9 Å². The maximum atomic E-state index is 12.3. The Bertz CT molecular complexity index is 698. The van der Waals surface area contributed by atoms with Crippen LogP contribution in [0.15, 0.2) is 28.8 Å². The van der Waals surface area contributed by atoms with Gasteiger partial charge in [0.05, 0.1) is 5.75 Å². The van der Waals surface area contributed by atoms with E-state index in [2.05, 4.69) is 10.5 Å². The normalized spacial score (nSPS) is 13.6. The van der Waals surface area contributed by atoms with E-state index in [1.54, 1.807) is 38.1 Å². The van der Waals surface area contributed by atoms with Gasteiger partial charge in [-0.2, -0.15) is 0 Å². The largest absolute Gasteiger partial charge is 0.360 e. The Morgan fingerprint density at radius 1 is 1.41 bits per heavy atom. The first-order valence-electron chi connectivity index (χ1n) is 6.42. The zero-order chi connectivity index (χ0) is 16.3. The lowest BCUT2D eigenvalue weighted by Crippen LogP contribution is -2.30. The molecule has 1 heterocycles. The highest BCUT2D eigenvalue weighted by Gasteiger charge is 2.22. The number of benzene rings is 1. The molecule has 8 heteroatoms. The molecule has 0 saturated heterocycles. The fourth-order valence-corrected chi connectivity index (χ4v) is 3.54. The molecular weight excluding hydrogens is 347 g/mol. The number of nitrogens with zero attached hydrogens (tertiary/aromatic N) is 1. The number of halogens is 2. The minimum atomic E-state index is -1.47. The first-order chi connectivity index (χ1) is 10.4. The van der Waals surface area contributed by atoms with Gasteiger partial charge in [0, 0.05) is 32.5 Å². The molecule has 0 fully saturated rings. The number of amides is 1. The van der Waals surface area contributed by atoms with Crippen LogP contribution in [0.4, 0.5) is 5.82 Å². The van der Waals surface area contributed by atoms with Gasteiger partial charge in [0.15, 0.2) is 5.82 Å². The minimum absolute atomic E-state index is 0.102. The molecule has 1 N–H and O–H groups in total. The van der Waals surface area contributed by atoms with Crippen LogP contribution < -0.4 is 5.32 Å². The summed E-state index contributed by atoms with van der Waals surface area (Å²) in [5.74, 6) is 0.564. The molecule has 0 saturated carbocycles. The number of anilines is 1. The summed E-state index contributed by atoms with van der Waals surface area (Å²) in [5.41, 5.74) is 0.570. The predicted octanol–water partition coefficient (Wildman–Crippen LogP) is 3.57. The summed E-state index contributed by atoms with van der Waals surface area (Å²) in [6.07, 6.45) is 0. The average molecular weight is 361 g/mol. The van der Waals surface area contributed by atoms with Crippen LogP contribution in [0.25, 0.3) is 0 Å². The SMILES string of the molecule is Cc1cc(NC(=O)[C@H](C)[S@@](=O)Cc2c(Cl)cccc2Cl)no1. The second-order valence-electron chi connectivity index (χ2n) is 4.68. The Morgan fingerprint density at radius 2 is 2.05 bits per heavy atom. The molecule has 5 nitrogen and oxygen atoms in total. The van der Waals surface area contributed by atoms with Crippen molar-refractivity contribution >= 4 is 45.7 Å². The molecule has 0 unspecified atom stereocenters. The van der Waals surface area contributed by atoms with E-state index in [1.807, 2.05) is 0 Å². The molecule has 1 aromatic heterocycles. The molecule has 118 valence electrons. The van der Waals surface area contributed by atoms with Gasteiger partial charge in [-0.25, -0.2) is 0 Å². The Balaban J connectivity index is 2.04. The highest BCUT2D eigenvalue weighted by atomic mass is 35.5. The van der Waals surface area contributed by atoms with Crippen molar-refractivity contribution in [3.8, 4) is 0 Å². The summed E-state index contributed by atoms with van der Waals surface area (Å²) >= 11 is 12.1. The standard InChI is InChI=1S/C14H14Cl2N2O3S/c1-8-6-13(18-21-8)17-14(19)9(2)22(20)7-10-11(15)4-3-5-12(10)16/h3-6,9H,7H2,1-2H3,(H,17,18,19)/t9-,22-/m0/s1. The third-order valence-corrected chi connectivity index (χ3v) is 5.28. The van der Waals surface area contributed by atoms with Gasteiger partial charge in [-0.15, -0.1) is 0 Å². The lowest BCUT2D eigenvalue weighted by Gasteiger charge is -2.12. The number of carbonyl (C=O) groups excluding carboxylic acids is 1. The first kappa shape index (κ1) is 17.0. The number of hydrogen-bond acceptors (Lipinski definition) is 4. The number of aryl methyl sites for hydroxylation is 1. The van der Waals surface area contributed by atoms with Crippen molar-refractivity contribution in [3.05, 3.63) is 45.6 Å². The van der Waals surface area contributed by atoms with E-state index >= 15 is 0 Å². The van der Waals surface area contributed by atoms with Crippen molar-refractivity contribution in [1.29, 1.82) is 0 Å². The lowest BCUT2D eigenvalue weighted by atomic mass is 10.2. The van der Waals surface area contributed by atoms with Crippen molar-refractivity contribution in [3.63, 3.8) is 0 Å². The van der Waals surface area contributed by atoms with Crippen LogP contribution in [0, 0.1) is 6.92 Å². The molecule has 0 aliphatic heterocycles. The second-order valence-corrected chi connectivity index (χ2v) is 7.25. The number of aromatic nitrogens is 1. The molecule has 2 aromatic rings. The zero-order valence-electron chi connectivity index (χ0n) is 11.9. The van der Waals surface area contributed by atoms with E-state index in [4.69, 9.17) is 27.7 Å². The van der Waals surface area contributed by atoms with Gasteiger partial charge >= 0.3 is 0 Å². The van der Waals surface area contributed by atoms with Gasteiger partial charge in [-0.1, -0.05) is 34.4 Å².